The van der Waals surface area contributed by atoms with Crippen molar-refractivity contribution in [2.45, 2.75) is 57.0 Å². The number of carbonyl (C=O) groups is 3. The SMILES string of the molecule is O=C(CC1CC=CCC(Cc2ccccc2)C(=O)OCC2CCCN2C1=O)NC(CO)Cc1ccccc1. The Morgan fingerprint density at radius 2 is 1.63 bits per heavy atom. The van der Waals surface area contributed by atoms with Crippen molar-refractivity contribution in [2.24, 2.45) is 11.8 Å². The third-order valence-corrected chi connectivity index (χ3v) is 7.44. The van der Waals surface area contributed by atoms with Gasteiger partial charge >= 0.3 is 5.97 Å². The Balaban J connectivity index is 1.44. The number of ether oxygens (including phenoxy) is 1. The first-order valence-electron chi connectivity index (χ1n) is 13.6. The highest BCUT2D eigenvalue weighted by Gasteiger charge is 2.35. The van der Waals surface area contributed by atoms with Crippen LogP contribution in [0.1, 0.15) is 43.2 Å². The third-order valence-electron chi connectivity index (χ3n) is 7.44. The molecule has 2 aromatic carbocycles. The number of hydrogen-bond acceptors (Lipinski definition) is 5. The monoisotopic (exact) mass is 518 g/mol. The van der Waals surface area contributed by atoms with Gasteiger partial charge in [0, 0.05) is 13.0 Å². The van der Waals surface area contributed by atoms with Crippen molar-refractivity contribution >= 4 is 17.8 Å². The van der Waals surface area contributed by atoms with E-state index in [4.69, 9.17) is 4.74 Å². The number of esters is 1. The standard InChI is InChI=1S/C31H38N2O5/c34-21-27(19-24-12-5-2-6-13-24)32-29(35)20-25-14-7-8-15-26(18-23-10-3-1-4-11-23)31(37)38-22-28-16-9-17-33(28)30(25)36/h1-8,10-13,25-28,34H,9,14-22H2,(H,32,35). The first kappa shape index (κ1) is 27.6. The quantitative estimate of drug-likeness (QED) is 0.412. The fourth-order valence-corrected chi connectivity index (χ4v) is 5.35. The second-order valence-electron chi connectivity index (χ2n) is 10.3. The van der Waals surface area contributed by atoms with E-state index in [-0.39, 0.29) is 49.4 Å². The van der Waals surface area contributed by atoms with Crippen molar-refractivity contribution in [1.82, 2.24) is 10.2 Å². The molecule has 2 heterocycles. The first-order valence-corrected chi connectivity index (χ1v) is 13.6. The maximum absolute atomic E-state index is 13.5. The van der Waals surface area contributed by atoms with Crippen molar-refractivity contribution in [3.63, 3.8) is 0 Å². The van der Waals surface area contributed by atoms with Crippen LogP contribution in [0.5, 0.6) is 0 Å². The number of hydrogen-bond donors (Lipinski definition) is 2. The van der Waals surface area contributed by atoms with Gasteiger partial charge in [-0.2, -0.15) is 0 Å². The average molecular weight is 519 g/mol. The second-order valence-corrected chi connectivity index (χ2v) is 10.3. The van der Waals surface area contributed by atoms with Crippen molar-refractivity contribution in [2.75, 3.05) is 19.8 Å². The molecule has 0 aromatic heterocycles. The number of nitrogens with one attached hydrogen (secondary N) is 1. The molecule has 1 saturated heterocycles. The van der Waals surface area contributed by atoms with E-state index in [1.54, 1.807) is 4.90 Å². The lowest BCUT2D eigenvalue weighted by Gasteiger charge is -2.29. The summed E-state index contributed by atoms with van der Waals surface area (Å²) in [5, 5.41) is 12.8. The lowest BCUT2D eigenvalue weighted by molar-refractivity contribution is -0.152. The fourth-order valence-electron chi connectivity index (χ4n) is 5.35. The molecule has 0 spiro atoms. The minimum atomic E-state index is -0.509. The summed E-state index contributed by atoms with van der Waals surface area (Å²) in [7, 11) is 0. The van der Waals surface area contributed by atoms with Crippen LogP contribution in [-0.2, 0) is 32.0 Å². The Morgan fingerprint density at radius 3 is 2.32 bits per heavy atom. The van der Waals surface area contributed by atoms with Gasteiger partial charge in [-0.25, -0.2) is 0 Å². The number of nitrogens with zero attached hydrogens (tertiary/aromatic N) is 1. The van der Waals surface area contributed by atoms with Gasteiger partial charge in [0.15, 0.2) is 0 Å². The second kappa shape index (κ2) is 13.9. The molecule has 0 bridgehead atoms. The van der Waals surface area contributed by atoms with E-state index in [2.05, 4.69) is 5.32 Å². The van der Waals surface area contributed by atoms with Crippen LogP contribution in [-0.4, -0.2) is 59.6 Å². The molecule has 2 amide bonds. The molecule has 1 fully saturated rings. The van der Waals surface area contributed by atoms with Gasteiger partial charge < -0.3 is 20.1 Å². The highest BCUT2D eigenvalue weighted by atomic mass is 16.5. The topological polar surface area (TPSA) is 95.9 Å². The predicted octanol–water partition coefficient (Wildman–Crippen LogP) is 3.46. The van der Waals surface area contributed by atoms with Crippen molar-refractivity contribution in [3.05, 3.63) is 83.9 Å². The van der Waals surface area contributed by atoms with Gasteiger partial charge in [-0.3, -0.25) is 14.4 Å². The number of aliphatic hydroxyl groups excluding tert-OH is 1. The predicted molar refractivity (Wildman–Crippen MR) is 145 cm³/mol. The Labute approximate surface area is 224 Å². The molecule has 7 heteroatoms. The molecule has 4 atom stereocenters. The maximum Gasteiger partial charge on any atom is 0.309 e. The van der Waals surface area contributed by atoms with Crippen LogP contribution >= 0.6 is 0 Å². The van der Waals surface area contributed by atoms with Crippen LogP contribution in [0.15, 0.2) is 72.8 Å². The summed E-state index contributed by atoms with van der Waals surface area (Å²) in [4.78, 5) is 41.3. The number of aliphatic hydroxyl groups is 1. The van der Waals surface area contributed by atoms with E-state index < -0.39 is 12.0 Å². The van der Waals surface area contributed by atoms with Crippen LogP contribution < -0.4 is 5.32 Å². The molecule has 2 aliphatic heterocycles. The Morgan fingerprint density at radius 1 is 0.974 bits per heavy atom. The normalized spacial score (nSPS) is 23.1. The smallest absolute Gasteiger partial charge is 0.309 e. The van der Waals surface area contributed by atoms with Gasteiger partial charge in [-0.05, 0) is 49.7 Å². The van der Waals surface area contributed by atoms with E-state index in [1.807, 2.05) is 72.8 Å². The number of cyclic esters (lactones) is 1. The Kier molecular flexibility index (Phi) is 10.1. The molecule has 2 aliphatic rings. The number of rotatable bonds is 8. The number of allylic oxidation sites excluding steroid dienone is 2. The molecule has 2 aromatic rings. The molecule has 38 heavy (non-hydrogen) atoms. The van der Waals surface area contributed by atoms with Gasteiger partial charge in [0.2, 0.25) is 11.8 Å². The average Bonchev–Trinajstić information content (AvgIpc) is 3.41. The number of fused-ring (bicyclic) bond motifs is 1. The van der Waals surface area contributed by atoms with Crippen molar-refractivity contribution in [1.29, 1.82) is 0 Å². The lowest BCUT2D eigenvalue weighted by Crippen LogP contribution is -2.45. The number of carbonyl (C=O) groups excluding carboxylic acids is 3. The molecule has 0 radical (unpaired) electrons. The summed E-state index contributed by atoms with van der Waals surface area (Å²) < 4.78 is 5.73. The lowest BCUT2D eigenvalue weighted by atomic mass is 9.94. The van der Waals surface area contributed by atoms with Crippen LogP contribution in [0.25, 0.3) is 0 Å². The molecule has 202 valence electrons. The summed E-state index contributed by atoms with van der Waals surface area (Å²) in [5.41, 5.74) is 2.10. The summed E-state index contributed by atoms with van der Waals surface area (Å²) in [5.74, 6) is -1.37. The number of benzene rings is 2. The Bertz CT molecular complexity index is 1090. The van der Waals surface area contributed by atoms with Crippen LogP contribution in [0.4, 0.5) is 0 Å². The van der Waals surface area contributed by atoms with Gasteiger partial charge in [0.25, 0.3) is 0 Å². The number of amides is 2. The molecule has 2 N–H and O–H groups in total. The molecule has 7 nitrogen and oxygen atoms in total. The van der Waals surface area contributed by atoms with Gasteiger partial charge in [-0.15, -0.1) is 0 Å². The molecule has 4 rings (SSSR count). The van der Waals surface area contributed by atoms with E-state index in [0.29, 0.717) is 32.2 Å². The maximum atomic E-state index is 13.5. The van der Waals surface area contributed by atoms with E-state index >= 15 is 0 Å². The van der Waals surface area contributed by atoms with E-state index in [0.717, 1.165) is 24.0 Å². The molecular formula is C31H38N2O5. The molecule has 0 aliphatic carbocycles. The largest absolute Gasteiger partial charge is 0.463 e. The zero-order valence-corrected chi connectivity index (χ0v) is 21.8. The Hall–Kier alpha value is -3.45. The van der Waals surface area contributed by atoms with Crippen molar-refractivity contribution < 1.29 is 24.2 Å². The third kappa shape index (κ3) is 7.78. The van der Waals surface area contributed by atoms with Crippen molar-refractivity contribution in [3.8, 4) is 0 Å². The first-order chi connectivity index (χ1) is 18.5. The molecule has 4 unspecified atom stereocenters. The van der Waals surface area contributed by atoms with E-state index in [1.165, 1.54) is 0 Å². The molecule has 0 saturated carbocycles. The fraction of sp³-hybridized carbons (Fsp3) is 0.452. The van der Waals surface area contributed by atoms with Crippen LogP contribution in [0, 0.1) is 11.8 Å². The summed E-state index contributed by atoms with van der Waals surface area (Å²) in [6.45, 7) is 0.604. The van der Waals surface area contributed by atoms with E-state index in [9.17, 15) is 19.5 Å². The summed E-state index contributed by atoms with van der Waals surface area (Å²) in [6, 6.07) is 19.0. The highest BCUT2D eigenvalue weighted by molar-refractivity contribution is 5.86. The summed E-state index contributed by atoms with van der Waals surface area (Å²) in [6.07, 6.45) is 7.57. The van der Waals surface area contributed by atoms with Gasteiger partial charge in [0.1, 0.15) is 6.61 Å². The minimum Gasteiger partial charge on any atom is -0.463 e. The van der Waals surface area contributed by atoms with Crippen LogP contribution in [0.3, 0.4) is 0 Å². The summed E-state index contributed by atoms with van der Waals surface area (Å²) >= 11 is 0. The van der Waals surface area contributed by atoms with Crippen LogP contribution in [0.2, 0.25) is 0 Å². The van der Waals surface area contributed by atoms with Gasteiger partial charge in [0.05, 0.1) is 30.5 Å². The minimum absolute atomic E-state index is 0.0465. The van der Waals surface area contributed by atoms with Gasteiger partial charge in [-0.1, -0.05) is 72.8 Å². The zero-order chi connectivity index (χ0) is 26.7. The zero-order valence-electron chi connectivity index (χ0n) is 21.8. The molecular weight excluding hydrogens is 480 g/mol. The highest BCUT2D eigenvalue weighted by Crippen LogP contribution is 2.25.